The van der Waals surface area contributed by atoms with Gasteiger partial charge in [0.25, 0.3) is 0 Å². The smallest absolute Gasteiger partial charge is 0.0430 e. The van der Waals surface area contributed by atoms with Crippen LogP contribution in [-0.2, 0) is 25.8 Å². The van der Waals surface area contributed by atoms with E-state index in [0.29, 0.717) is 26.4 Å². The Morgan fingerprint density at radius 3 is 0.571 bits per heavy atom. The molecule has 0 aromatic heterocycles. The Hall–Kier alpha value is 0.710. The van der Waals surface area contributed by atoms with Gasteiger partial charge in [0.2, 0.25) is 0 Å². The molecule has 0 aliphatic rings. The second-order valence-electron chi connectivity index (χ2n) is 4.31. The molecule has 132 valence electrons. The second kappa shape index (κ2) is 49.8. The van der Waals surface area contributed by atoms with Crippen molar-refractivity contribution in [1.82, 2.24) is 0 Å². The Labute approximate surface area is 151 Å². The van der Waals surface area contributed by atoms with Crippen molar-refractivity contribution in [3.8, 4) is 0 Å². The monoisotopic (exact) mass is 476 g/mol. The fourth-order valence-electron chi connectivity index (χ4n) is 0.632. The van der Waals surface area contributed by atoms with Gasteiger partial charge in [0.05, 0.1) is 0 Å². The first kappa shape index (κ1) is 33.3. The van der Waals surface area contributed by atoms with E-state index in [0.717, 1.165) is 51.4 Å². The molecular weight excluding hydrogens is 435 g/mol. The zero-order valence-corrected chi connectivity index (χ0v) is 18.4. The van der Waals surface area contributed by atoms with Crippen LogP contribution in [0.15, 0.2) is 0 Å². The van der Waals surface area contributed by atoms with Crippen LogP contribution in [0.4, 0.5) is 0 Å². The molecule has 0 saturated carbocycles. The number of aliphatic hydroxyl groups excluding tert-OH is 4. The maximum Gasteiger partial charge on any atom is 0.0430 e. The molecule has 0 atom stereocenters. The summed E-state index contributed by atoms with van der Waals surface area (Å²) in [6.45, 7) is 9.58. The summed E-state index contributed by atoms with van der Waals surface area (Å²) in [6, 6.07) is 0. The van der Waals surface area contributed by atoms with Gasteiger partial charge in [-0.3, -0.25) is 0 Å². The van der Waals surface area contributed by atoms with Crippen LogP contribution in [0.5, 0.6) is 0 Å². The van der Waals surface area contributed by atoms with Gasteiger partial charge in [-0.05, 0) is 25.7 Å². The molecule has 4 N–H and O–H groups in total. The minimum absolute atomic E-state index is 0. The molecule has 0 bridgehead atoms. The van der Waals surface area contributed by atoms with Gasteiger partial charge in [-0.25, -0.2) is 0 Å². The van der Waals surface area contributed by atoms with E-state index in [2.05, 4.69) is 27.7 Å². The topological polar surface area (TPSA) is 80.9 Å². The van der Waals surface area contributed by atoms with Gasteiger partial charge >= 0.3 is 0 Å². The number of unbranched alkanes of at least 4 members (excludes halogenated alkanes) is 4. The molecule has 0 rings (SSSR count). The minimum atomic E-state index is 0. The minimum Gasteiger partial charge on any atom is -0.396 e. The Bertz CT molecular complexity index is 74.3. The number of hydrogen-bond donors (Lipinski definition) is 4. The van der Waals surface area contributed by atoms with Crippen LogP contribution < -0.4 is 0 Å². The summed E-state index contributed by atoms with van der Waals surface area (Å²) in [7, 11) is 0. The third-order valence-electron chi connectivity index (χ3n) is 2.05. The summed E-state index contributed by atoms with van der Waals surface area (Å²) in [6.07, 6.45) is 8.15. The third kappa shape index (κ3) is 95.6. The first-order chi connectivity index (χ1) is 9.66. The van der Waals surface area contributed by atoms with Crippen LogP contribution in [0.3, 0.4) is 0 Å². The van der Waals surface area contributed by atoms with E-state index in [-0.39, 0.29) is 25.8 Å². The van der Waals surface area contributed by atoms with Gasteiger partial charge in [0.15, 0.2) is 0 Å². The van der Waals surface area contributed by atoms with Gasteiger partial charge in [0, 0.05) is 52.3 Å². The average Bonchev–Trinajstić information content (AvgIpc) is 2.44. The largest absolute Gasteiger partial charge is 0.396 e. The molecule has 21 heavy (non-hydrogen) atoms. The predicted molar refractivity (Wildman–Crippen MR) is 88.0 cm³/mol. The van der Waals surface area contributed by atoms with Crippen LogP contribution in [0.25, 0.3) is 0 Å². The Morgan fingerprint density at radius 1 is 0.429 bits per heavy atom. The summed E-state index contributed by atoms with van der Waals surface area (Å²) in [5, 5.41) is 32.3. The molecular formula is C16H40HfO4. The molecule has 0 radical (unpaired) electrons. The molecule has 0 spiro atoms. The molecule has 0 aliphatic heterocycles. The van der Waals surface area contributed by atoms with Gasteiger partial charge in [-0.1, -0.05) is 53.4 Å². The van der Waals surface area contributed by atoms with Crippen molar-refractivity contribution < 1.29 is 46.3 Å². The van der Waals surface area contributed by atoms with Crippen molar-refractivity contribution >= 4 is 0 Å². The molecule has 5 heteroatoms. The van der Waals surface area contributed by atoms with Crippen LogP contribution in [-0.4, -0.2) is 46.9 Å². The fourth-order valence-corrected chi connectivity index (χ4v) is 0.632. The van der Waals surface area contributed by atoms with E-state index in [1.165, 1.54) is 0 Å². The van der Waals surface area contributed by atoms with Crippen molar-refractivity contribution in [2.75, 3.05) is 26.4 Å². The van der Waals surface area contributed by atoms with Crippen molar-refractivity contribution in [3.05, 3.63) is 0 Å². The normalized spacial score (nSPS) is 8.00. The molecule has 0 fully saturated rings. The summed E-state index contributed by atoms with van der Waals surface area (Å²) >= 11 is 0. The molecule has 0 amide bonds. The summed E-state index contributed by atoms with van der Waals surface area (Å²) in [5.41, 5.74) is 0. The molecule has 0 heterocycles. The quantitative estimate of drug-likeness (QED) is 0.407. The van der Waals surface area contributed by atoms with E-state index >= 15 is 0 Å². The Balaban J connectivity index is -0.0000000533. The standard InChI is InChI=1S/4C4H10O.Hf/c4*1-2-3-4-5;/h4*5H,2-4H2,1H3;. The Morgan fingerprint density at radius 2 is 0.571 bits per heavy atom. The van der Waals surface area contributed by atoms with Crippen molar-refractivity contribution in [2.45, 2.75) is 79.1 Å². The zero-order valence-electron chi connectivity index (χ0n) is 14.8. The molecule has 0 aromatic carbocycles. The van der Waals surface area contributed by atoms with Gasteiger partial charge in [0.1, 0.15) is 0 Å². The zero-order chi connectivity index (χ0) is 16.5. The summed E-state index contributed by atoms with van der Waals surface area (Å²) < 4.78 is 0. The van der Waals surface area contributed by atoms with Gasteiger partial charge < -0.3 is 20.4 Å². The Kier molecular flexibility index (Phi) is 79.1. The molecule has 0 saturated heterocycles. The number of aliphatic hydroxyl groups is 4. The second-order valence-corrected chi connectivity index (χ2v) is 4.31. The molecule has 0 aromatic rings. The van der Waals surface area contributed by atoms with Crippen molar-refractivity contribution in [2.24, 2.45) is 0 Å². The summed E-state index contributed by atoms with van der Waals surface area (Å²) in [5.74, 6) is 0. The van der Waals surface area contributed by atoms with Crippen LogP contribution in [0, 0.1) is 0 Å². The molecule has 4 nitrogen and oxygen atoms in total. The van der Waals surface area contributed by atoms with Crippen molar-refractivity contribution in [1.29, 1.82) is 0 Å². The predicted octanol–water partition coefficient (Wildman–Crippen LogP) is 3.11. The first-order valence-electron chi connectivity index (χ1n) is 8.09. The van der Waals surface area contributed by atoms with E-state index in [1.54, 1.807) is 0 Å². The van der Waals surface area contributed by atoms with E-state index < -0.39 is 0 Å². The maximum atomic E-state index is 8.07. The van der Waals surface area contributed by atoms with Gasteiger partial charge in [-0.2, -0.15) is 0 Å². The summed E-state index contributed by atoms with van der Waals surface area (Å²) in [4.78, 5) is 0. The maximum absolute atomic E-state index is 8.07. The molecule has 0 unspecified atom stereocenters. The van der Waals surface area contributed by atoms with Crippen molar-refractivity contribution in [3.63, 3.8) is 0 Å². The van der Waals surface area contributed by atoms with Gasteiger partial charge in [-0.15, -0.1) is 0 Å². The van der Waals surface area contributed by atoms with Crippen LogP contribution >= 0.6 is 0 Å². The van der Waals surface area contributed by atoms with E-state index in [1.807, 2.05) is 0 Å². The van der Waals surface area contributed by atoms with E-state index in [9.17, 15) is 0 Å². The fraction of sp³-hybridized carbons (Fsp3) is 1.00. The first-order valence-corrected chi connectivity index (χ1v) is 8.09. The van der Waals surface area contributed by atoms with Crippen LogP contribution in [0.2, 0.25) is 0 Å². The van der Waals surface area contributed by atoms with E-state index in [4.69, 9.17) is 20.4 Å². The SMILES string of the molecule is CCCCO.CCCCO.CCCCO.CCCCO.[Hf]. The average molecular weight is 475 g/mol. The van der Waals surface area contributed by atoms with Crippen LogP contribution in [0.1, 0.15) is 79.1 Å². The third-order valence-corrected chi connectivity index (χ3v) is 2.05. The number of hydrogen-bond acceptors (Lipinski definition) is 4. The molecule has 0 aliphatic carbocycles. The number of rotatable bonds is 8.